The van der Waals surface area contributed by atoms with Crippen molar-refractivity contribution in [3.8, 4) is 16.9 Å². The van der Waals surface area contributed by atoms with Gasteiger partial charge in [-0.25, -0.2) is 14.4 Å². The molecule has 2 aromatic heterocycles. The van der Waals surface area contributed by atoms with E-state index in [1.54, 1.807) is 42.6 Å². The van der Waals surface area contributed by atoms with Crippen molar-refractivity contribution in [2.24, 2.45) is 11.8 Å². The summed E-state index contributed by atoms with van der Waals surface area (Å²) < 4.78 is 16.5. The minimum absolute atomic E-state index is 0.00643. The second-order valence-electron chi connectivity index (χ2n) is 16.2. The number of likely N-dealkylation sites (tertiary alicyclic amines) is 1. The number of rotatable bonds is 11. The van der Waals surface area contributed by atoms with Gasteiger partial charge in [0, 0.05) is 78.9 Å². The molecule has 0 radical (unpaired) electrons. The van der Waals surface area contributed by atoms with Crippen LogP contribution in [0.4, 0.5) is 21.7 Å². The molecule has 4 aromatic rings. The van der Waals surface area contributed by atoms with Gasteiger partial charge in [0.25, 0.3) is 5.56 Å². The molecule has 0 bridgehead atoms. The second-order valence-corrected chi connectivity index (χ2v) is 16.2. The third-order valence-electron chi connectivity index (χ3n) is 12.4. The summed E-state index contributed by atoms with van der Waals surface area (Å²) in [6.07, 6.45) is 11.4. The Kier molecular flexibility index (Phi) is 12.1. The number of nitrogens with one attached hydrogen (secondary N) is 4. The summed E-state index contributed by atoms with van der Waals surface area (Å²) in [6, 6.07) is 20.4. The number of nitrogens with zero attached hydrogens (tertiary/aromatic N) is 5. The van der Waals surface area contributed by atoms with Crippen molar-refractivity contribution < 1.29 is 18.8 Å². The van der Waals surface area contributed by atoms with E-state index in [0.29, 0.717) is 55.0 Å². The van der Waals surface area contributed by atoms with E-state index in [2.05, 4.69) is 53.2 Å². The van der Waals surface area contributed by atoms with Gasteiger partial charge in [0.1, 0.15) is 11.7 Å². The number of anilines is 3. The average molecular weight is 790 g/mol. The van der Waals surface area contributed by atoms with Crippen LogP contribution >= 0.6 is 0 Å². The number of carbonyl (C=O) groups excluding carboxylic acids is 3. The van der Waals surface area contributed by atoms with Crippen LogP contribution in [0.15, 0.2) is 83.9 Å². The molecule has 0 spiro atoms. The molecule has 1 saturated carbocycles. The number of piperidine rings is 3. The van der Waals surface area contributed by atoms with Crippen molar-refractivity contribution in [1.82, 2.24) is 30.1 Å². The largest absolute Gasteiger partial charge is 0.374 e. The molecule has 3 aliphatic heterocycles. The third kappa shape index (κ3) is 9.39. The first-order valence-corrected chi connectivity index (χ1v) is 20.8. The second kappa shape index (κ2) is 17.9. The Morgan fingerprint density at radius 2 is 1.66 bits per heavy atom. The summed E-state index contributed by atoms with van der Waals surface area (Å²) in [5.74, 6) is -0.240. The average Bonchev–Trinajstić information content (AvgIpc) is 3.25. The predicted octanol–water partition coefficient (Wildman–Crippen LogP) is 5.12. The number of pyridine rings is 1. The fourth-order valence-corrected chi connectivity index (χ4v) is 9.03. The molecule has 1 unspecified atom stereocenters. The highest BCUT2D eigenvalue weighted by Crippen LogP contribution is 2.30. The minimum Gasteiger partial charge on any atom is -0.374 e. The lowest BCUT2D eigenvalue weighted by molar-refractivity contribution is -0.133. The molecule has 14 heteroatoms. The van der Waals surface area contributed by atoms with Gasteiger partial charge in [-0.15, -0.1) is 0 Å². The van der Waals surface area contributed by atoms with Crippen molar-refractivity contribution in [2.45, 2.75) is 82.3 Å². The van der Waals surface area contributed by atoms with Crippen molar-refractivity contribution in [3.05, 3.63) is 95.3 Å². The molecule has 58 heavy (non-hydrogen) atoms. The van der Waals surface area contributed by atoms with Crippen LogP contribution in [-0.2, 0) is 14.4 Å². The van der Waals surface area contributed by atoms with Gasteiger partial charge in [-0.3, -0.25) is 29.1 Å². The molecule has 4 N–H and O–H groups in total. The maximum absolute atomic E-state index is 15.0. The summed E-state index contributed by atoms with van der Waals surface area (Å²) in [5, 5.41) is 12.3. The zero-order chi connectivity index (χ0) is 40.0. The maximum atomic E-state index is 15.0. The number of hydrogen-bond acceptors (Lipinski definition) is 10. The summed E-state index contributed by atoms with van der Waals surface area (Å²) in [5.41, 5.74) is 3.18. The zero-order valence-corrected chi connectivity index (χ0v) is 32.7. The van der Waals surface area contributed by atoms with E-state index in [4.69, 9.17) is 0 Å². The van der Waals surface area contributed by atoms with Crippen LogP contribution in [0.1, 0.15) is 64.2 Å². The normalized spacial score (nSPS) is 22.3. The molecule has 2 aromatic carbocycles. The molecule has 5 heterocycles. The van der Waals surface area contributed by atoms with Crippen LogP contribution in [0, 0.1) is 17.7 Å². The highest BCUT2D eigenvalue weighted by molar-refractivity contribution is 6.01. The fourth-order valence-electron chi connectivity index (χ4n) is 9.03. The quantitative estimate of drug-likeness (QED) is 0.151. The number of hydrogen-bond donors (Lipinski definition) is 4. The molecule has 1 aliphatic carbocycles. The lowest BCUT2D eigenvalue weighted by Crippen LogP contribution is -2.49. The molecule has 8 rings (SSSR count). The number of carbonyl (C=O) groups is 3. The Bertz CT molecular complexity index is 2150. The van der Waals surface area contributed by atoms with Gasteiger partial charge in [0.15, 0.2) is 5.82 Å². The molecule has 4 fully saturated rings. The number of benzene rings is 2. The van der Waals surface area contributed by atoms with Gasteiger partial charge >= 0.3 is 0 Å². The smallest absolute Gasteiger partial charge is 0.255 e. The van der Waals surface area contributed by atoms with Crippen molar-refractivity contribution in [1.29, 1.82) is 0 Å². The Morgan fingerprint density at radius 1 is 0.845 bits per heavy atom. The Balaban J connectivity index is 0.761. The van der Waals surface area contributed by atoms with Gasteiger partial charge < -0.3 is 25.8 Å². The van der Waals surface area contributed by atoms with E-state index in [9.17, 15) is 19.2 Å². The highest BCUT2D eigenvalue weighted by Gasteiger charge is 2.31. The van der Waals surface area contributed by atoms with Gasteiger partial charge in [-0.1, -0.05) is 24.6 Å². The van der Waals surface area contributed by atoms with E-state index in [1.165, 1.54) is 22.5 Å². The van der Waals surface area contributed by atoms with Gasteiger partial charge in [0.05, 0.1) is 6.20 Å². The molecular weight excluding hydrogens is 738 g/mol. The summed E-state index contributed by atoms with van der Waals surface area (Å²) in [4.78, 5) is 63.2. The highest BCUT2D eigenvalue weighted by atomic mass is 19.1. The maximum Gasteiger partial charge on any atom is 0.255 e. The minimum atomic E-state index is -0.553. The zero-order valence-electron chi connectivity index (χ0n) is 32.7. The molecule has 3 atom stereocenters. The van der Waals surface area contributed by atoms with E-state index >= 15 is 4.39 Å². The molecule has 3 amide bonds. The number of imide groups is 1. The van der Waals surface area contributed by atoms with Crippen LogP contribution in [0.3, 0.4) is 0 Å². The van der Waals surface area contributed by atoms with E-state index in [0.717, 1.165) is 76.8 Å². The Morgan fingerprint density at radius 3 is 2.43 bits per heavy atom. The fraction of sp³-hybridized carbons (Fsp3) is 0.455. The third-order valence-corrected chi connectivity index (χ3v) is 12.4. The predicted molar refractivity (Wildman–Crippen MR) is 221 cm³/mol. The van der Waals surface area contributed by atoms with E-state index in [-0.39, 0.29) is 47.0 Å². The lowest BCUT2D eigenvalue weighted by atomic mass is 9.85. The van der Waals surface area contributed by atoms with Gasteiger partial charge in [-0.2, -0.15) is 0 Å². The van der Waals surface area contributed by atoms with Crippen molar-refractivity contribution in [2.75, 3.05) is 48.3 Å². The first-order chi connectivity index (χ1) is 28.3. The molecule has 4 aliphatic rings. The van der Waals surface area contributed by atoms with Crippen LogP contribution in [-0.4, -0.2) is 88.0 Å². The number of amides is 3. The van der Waals surface area contributed by atoms with Crippen LogP contribution < -0.4 is 31.7 Å². The molecule has 13 nitrogen and oxygen atoms in total. The van der Waals surface area contributed by atoms with Crippen LogP contribution in [0.2, 0.25) is 0 Å². The lowest BCUT2D eigenvalue weighted by Gasteiger charge is -2.42. The molecule has 3 saturated heterocycles. The Hall–Kier alpha value is -5.63. The number of aromatic nitrogens is 3. The SMILES string of the molecule is O=C1CCC(Nc2ccc(N3CCC(N4CCC(CNC(=O)[C@H]5CCC[C@@H](Nc6ncc(F)c(-c7cccc(-n8ccccc8=O)c7)n6)C5)CC4)CC3)cc2)C(=O)N1. The summed E-state index contributed by atoms with van der Waals surface area (Å²) in [6.45, 7) is 4.80. The van der Waals surface area contributed by atoms with E-state index < -0.39 is 5.82 Å². The number of halogens is 1. The molecule has 304 valence electrons. The van der Waals surface area contributed by atoms with Crippen LogP contribution in [0.25, 0.3) is 16.9 Å². The molecular formula is C44H52FN9O4. The van der Waals surface area contributed by atoms with Crippen LogP contribution in [0.5, 0.6) is 0 Å². The standard InChI is InChI=1S/C44H52FN9O4/c45-37-28-47-44(51-41(37)30-5-4-8-36(26-30)54-20-2-1-9-40(54)56)49-33-7-3-6-31(25-33)42(57)46-27-29-16-21-52(22-17-29)35-18-23-53(24-19-35)34-12-10-32(11-13-34)48-38-14-15-39(55)50-43(38)58/h1-2,4-5,8-13,20,26,28-29,31,33,35,38,48H,3,6-7,14-19,21-25,27H2,(H,46,57)(H,47,49,51)(H,50,55,58)/t31-,33+,38?/m0/s1. The van der Waals surface area contributed by atoms with Gasteiger partial charge in [0.2, 0.25) is 23.7 Å². The first kappa shape index (κ1) is 39.2. The monoisotopic (exact) mass is 789 g/mol. The van der Waals surface area contributed by atoms with Crippen molar-refractivity contribution >= 4 is 35.0 Å². The van der Waals surface area contributed by atoms with Gasteiger partial charge in [-0.05, 0) is 113 Å². The topological polar surface area (TPSA) is 154 Å². The van der Waals surface area contributed by atoms with E-state index in [1.807, 2.05) is 12.1 Å². The Labute approximate surface area is 337 Å². The first-order valence-electron chi connectivity index (χ1n) is 20.8. The van der Waals surface area contributed by atoms with Crippen molar-refractivity contribution in [3.63, 3.8) is 0 Å². The summed E-state index contributed by atoms with van der Waals surface area (Å²) >= 11 is 0. The summed E-state index contributed by atoms with van der Waals surface area (Å²) in [7, 11) is 0.